The van der Waals surface area contributed by atoms with Gasteiger partial charge in [-0.05, 0) is 88.8 Å². The molecule has 0 radical (unpaired) electrons. The molecule has 0 unspecified atom stereocenters. The van der Waals surface area contributed by atoms with Gasteiger partial charge >= 0.3 is 0 Å². The van der Waals surface area contributed by atoms with Crippen LogP contribution in [-0.2, 0) is 11.3 Å². The Morgan fingerprint density at radius 1 is 1.25 bits per heavy atom. The van der Waals surface area contributed by atoms with Gasteiger partial charge in [-0.25, -0.2) is 0 Å². The number of amides is 1. The molecule has 0 bridgehead atoms. The molecule has 156 valence electrons. The van der Waals surface area contributed by atoms with E-state index >= 15 is 0 Å². The van der Waals surface area contributed by atoms with E-state index < -0.39 is 0 Å². The number of hydrogen-bond donors (Lipinski definition) is 1. The summed E-state index contributed by atoms with van der Waals surface area (Å²) < 4.78 is 0. The standard InChI is InChI=1S/C22H36N4OS/c1-18(9-15-28-2)25-13-7-21(8-14-25)26-11-5-20(6-12-26)22(27)24-17-19-4-3-10-23-16-19/h3-4,10,16,18,20-21H,5-9,11-15,17H2,1-2H3,(H,24,27)/t18-/m1/s1. The Morgan fingerprint density at radius 3 is 2.64 bits per heavy atom. The van der Waals surface area contributed by atoms with Crippen molar-refractivity contribution in [2.24, 2.45) is 5.92 Å². The van der Waals surface area contributed by atoms with Crippen LogP contribution in [0.5, 0.6) is 0 Å². The molecule has 1 aromatic rings. The fourth-order valence-electron chi connectivity index (χ4n) is 4.53. The second kappa shape index (κ2) is 11.2. The zero-order chi connectivity index (χ0) is 19.8. The van der Waals surface area contributed by atoms with Crippen molar-refractivity contribution in [1.82, 2.24) is 20.1 Å². The monoisotopic (exact) mass is 404 g/mol. The van der Waals surface area contributed by atoms with Gasteiger partial charge in [-0.2, -0.15) is 11.8 Å². The second-order valence-corrected chi connectivity index (χ2v) is 9.27. The topological polar surface area (TPSA) is 48.5 Å². The third-order valence-corrected chi connectivity index (χ3v) is 7.11. The van der Waals surface area contributed by atoms with Crippen molar-refractivity contribution in [2.75, 3.05) is 38.2 Å². The molecule has 0 saturated carbocycles. The van der Waals surface area contributed by atoms with Gasteiger partial charge in [-0.3, -0.25) is 9.78 Å². The molecule has 2 aliphatic heterocycles. The van der Waals surface area contributed by atoms with Crippen LogP contribution in [0.25, 0.3) is 0 Å². The van der Waals surface area contributed by atoms with Crippen LogP contribution < -0.4 is 5.32 Å². The number of nitrogens with zero attached hydrogens (tertiary/aromatic N) is 3. The number of likely N-dealkylation sites (tertiary alicyclic amines) is 2. The van der Waals surface area contributed by atoms with E-state index in [2.05, 4.69) is 33.3 Å². The third kappa shape index (κ3) is 6.19. The van der Waals surface area contributed by atoms with Crippen molar-refractivity contribution in [3.8, 4) is 0 Å². The first-order chi connectivity index (χ1) is 13.7. The van der Waals surface area contributed by atoms with Crippen LogP contribution >= 0.6 is 11.8 Å². The molecule has 2 aliphatic rings. The molecule has 5 nitrogen and oxygen atoms in total. The fourth-order valence-corrected chi connectivity index (χ4v) is 5.10. The smallest absolute Gasteiger partial charge is 0.223 e. The van der Waals surface area contributed by atoms with E-state index in [0.29, 0.717) is 18.6 Å². The van der Waals surface area contributed by atoms with Gasteiger partial charge in [0.25, 0.3) is 0 Å². The number of rotatable bonds is 8. The van der Waals surface area contributed by atoms with Crippen LogP contribution in [0.3, 0.4) is 0 Å². The summed E-state index contributed by atoms with van der Waals surface area (Å²) >= 11 is 1.95. The highest BCUT2D eigenvalue weighted by Crippen LogP contribution is 2.25. The van der Waals surface area contributed by atoms with Crippen molar-refractivity contribution >= 4 is 17.7 Å². The molecule has 3 rings (SSSR count). The van der Waals surface area contributed by atoms with Crippen LogP contribution in [0.2, 0.25) is 0 Å². The van der Waals surface area contributed by atoms with Crippen molar-refractivity contribution in [2.45, 2.75) is 57.7 Å². The van der Waals surface area contributed by atoms with Crippen molar-refractivity contribution in [3.05, 3.63) is 30.1 Å². The molecule has 2 fully saturated rings. The Labute approximate surface area is 174 Å². The minimum atomic E-state index is 0.166. The van der Waals surface area contributed by atoms with Crippen LogP contribution in [0.4, 0.5) is 0 Å². The number of piperidine rings is 2. The summed E-state index contributed by atoms with van der Waals surface area (Å²) in [6.07, 6.45) is 11.6. The summed E-state index contributed by atoms with van der Waals surface area (Å²) in [4.78, 5) is 21.9. The molecule has 3 heterocycles. The Kier molecular flexibility index (Phi) is 8.62. The lowest BCUT2D eigenvalue weighted by Gasteiger charge is -2.43. The first-order valence-corrected chi connectivity index (χ1v) is 12.2. The minimum Gasteiger partial charge on any atom is -0.352 e. The molecule has 28 heavy (non-hydrogen) atoms. The van der Waals surface area contributed by atoms with E-state index in [-0.39, 0.29) is 11.8 Å². The maximum atomic E-state index is 12.5. The largest absolute Gasteiger partial charge is 0.352 e. The molecule has 0 spiro atoms. The molecule has 1 atom stereocenters. The number of nitrogens with one attached hydrogen (secondary N) is 1. The predicted octanol–water partition coefficient (Wildman–Crippen LogP) is 3.02. The lowest BCUT2D eigenvalue weighted by atomic mass is 9.92. The zero-order valence-electron chi connectivity index (χ0n) is 17.5. The van der Waals surface area contributed by atoms with E-state index in [0.717, 1.165) is 31.5 Å². The summed E-state index contributed by atoms with van der Waals surface area (Å²) in [7, 11) is 0. The van der Waals surface area contributed by atoms with Crippen molar-refractivity contribution in [3.63, 3.8) is 0 Å². The van der Waals surface area contributed by atoms with E-state index in [4.69, 9.17) is 0 Å². The molecule has 2 saturated heterocycles. The number of pyridine rings is 1. The van der Waals surface area contributed by atoms with E-state index in [1.807, 2.05) is 30.1 Å². The van der Waals surface area contributed by atoms with Crippen molar-refractivity contribution < 1.29 is 4.79 Å². The molecule has 0 aliphatic carbocycles. The molecular weight excluding hydrogens is 368 g/mol. The van der Waals surface area contributed by atoms with Gasteiger partial charge in [0.15, 0.2) is 0 Å². The van der Waals surface area contributed by atoms with Gasteiger partial charge in [0.05, 0.1) is 0 Å². The van der Waals surface area contributed by atoms with Crippen LogP contribution in [0.1, 0.15) is 44.6 Å². The molecule has 1 N–H and O–H groups in total. The molecule has 1 aromatic heterocycles. The normalized spacial score (nSPS) is 21.5. The fraction of sp³-hybridized carbons (Fsp3) is 0.727. The number of aromatic nitrogens is 1. The Hall–Kier alpha value is -1.11. The van der Waals surface area contributed by atoms with E-state index in [1.165, 1.54) is 38.1 Å². The van der Waals surface area contributed by atoms with Gasteiger partial charge in [0.1, 0.15) is 0 Å². The Morgan fingerprint density at radius 2 is 2.00 bits per heavy atom. The van der Waals surface area contributed by atoms with Gasteiger partial charge in [0, 0.05) is 36.9 Å². The van der Waals surface area contributed by atoms with Crippen LogP contribution in [0, 0.1) is 5.92 Å². The average molecular weight is 405 g/mol. The molecule has 0 aromatic carbocycles. The maximum absolute atomic E-state index is 12.5. The quantitative estimate of drug-likeness (QED) is 0.722. The highest BCUT2D eigenvalue weighted by Gasteiger charge is 2.31. The Balaban J connectivity index is 1.35. The lowest BCUT2D eigenvalue weighted by molar-refractivity contribution is -0.126. The highest BCUT2D eigenvalue weighted by atomic mass is 32.2. The zero-order valence-corrected chi connectivity index (χ0v) is 18.3. The summed E-state index contributed by atoms with van der Waals surface area (Å²) in [6.45, 7) is 7.55. The summed E-state index contributed by atoms with van der Waals surface area (Å²) in [5.41, 5.74) is 1.06. The average Bonchev–Trinajstić information content (AvgIpc) is 2.76. The molecule has 6 heteroatoms. The number of carbonyl (C=O) groups excluding carboxylic acids is 1. The molecular formula is C22H36N4OS. The highest BCUT2D eigenvalue weighted by molar-refractivity contribution is 7.98. The third-order valence-electron chi connectivity index (χ3n) is 6.47. The Bertz CT molecular complexity index is 583. The predicted molar refractivity (Wildman–Crippen MR) is 117 cm³/mol. The van der Waals surface area contributed by atoms with Crippen LogP contribution in [-0.4, -0.2) is 71.0 Å². The number of carbonyl (C=O) groups is 1. The summed E-state index contributed by atoms with van der Waals surface area (Å²) in [5.74, 6) is 1.64. The van der Waals surface area contributed by atoms with Gasteiger partial charge < -0.3 is 15.1 Å². The lowest BCUT2D eigenvalue weighted by Crippen LogP contribution is -2.50. The van der Waals surface area contributed by atoms with Crippen molar-refractivity contribution in [1.29, 1.82) is 0 Å². The summed E-state index contributed by atoms with van der Waals surface area (Å²) in [5, 5.41) is 3.09. The van der Waals surface area contributed by atoms with Crippen LogP contribution in [0.15, 0.2) is 24.5 Å². The van der Waals surface area contributed by atoms with Gasteiger partial charge in [-0.15, -0.1) is 0 Å². The van der Waals surface area contributed by atoms with E-state index in [9.17, 15) is 4.79 Å². The SMILES string of the molecule is CSCC[C@@H](C)N1CCC(N2CCC(C(=O)NCc3cccnc3)CC2)CC1. The number of thioether (sulfide) groups is 1. The first kappa shape index (κ1) is 21.6. The van der Waals surface area contributed by atoms with Gasteiger partial charge in [0.2, 0.25) is 5.91 Å². The molecule has 1 amide bonds. The maximum Gasteiger partial charge on any atom is 0.223 e. The van der Waals surface area contributed by atoms with E-state index in [1.54, 1.807) is 6.20 Å². The minimum absolute atomic E-state index is 0.166. The second-order valence-electron chi connectivity index (χ2n) is 8.29. The first-order valence-electron chi connectivity index (χ1n) is 10.8. The number of hydrogen-bond acceptors (Lipinski definition) is 5. The summed E-state index contributed by atoms with van der Waals surface area (Å²) in [6, 6.07) is 5.34. The van der Waals surface area contributed by atoms with Gasteiger partial charge in [-0.1, -0.05) is 6.07 Å².